The highest BCUT2D eigenvalue weighted by Crippen LogP contribution is 2.36. The van der Waals surface area contributed by atoms with E-state index in [2.05, 4.69) is 10.3 Å². The Bertz CT molecular complexity index is 961. The van der Waals surface area contributed by atoms with E-state index in [1.807, 2.05) is 6.92 Å². The van der Waals surface area contributed by atoms with Crippen LogP contribution in [0.1, 0.15) is 24.0 Å². The van der Waals surface area contributed by atoms with Crippen LogP contribution in [0.3, 0.4) is 0 Å². The molecule has 31 heavy (non-hydrogen) atoms. The lowest BCUT2D eigenvalue weighted by molar-refractivity contribution is -0.137. The molecule has 1 N–H and O–H groups in total. The number of hydrogen-bond donors (Lipinski definition) is 1. The van der Waals surface area contributed by atoms with E-state index in [1.165, 1.54) is 7.11 Å². The van der Waals surface area contributed by atoms with E-state index in [0.29, 0.717) is 48.9 Å². The Balaban J connectivity index is 1.64. The maximum Gasteiger partial charge on any atom is 0.417 e. The number of amides is 1. The van der Waals surface area contributed by atoms with Crippen LogP contribution >= 0.6 is 11.6 Å². The van der Waals surface area contributed by atoms with Crippen molar-refractivity contribution in [2.45, 2.75) is 25.9 Å². The van der Waals surface area contributed by atoms with Crippen LogP contribution < -0.4 is 19.7 Å². The third-order valence-corrected chi connectivity index (χ3v) is 5.58. The van der Waals surface area contributed by atoms with Crippen molar-refractivity contribution in [3.8, 4) is 11.5 Å². The summed E-state index contributed by atoms with van der Waals surface area (Å²) < 4.78 is 49.0. The number of piperidine rings is 1. The van der Waals surface area contributed by atoms with E-state index in [4.69, 9.17) is 21.1 Å². The first kappa shape index (κ1) is 23.0. The summed E-state index contributed by atoms with van der Waals surface area (Å²) in [6.07, 6.45) is -2.67. The average molecular weight is 458 g/mol. The highest BCUT2D eigenvalue weighted by atomic mass is 35.5. The number of nitrogens with zero attached hydrogens (tertiary/aromatic N) is 2. The van der Waals surface area contributed by atoms with Crippen LogP contribution in [0.2, 0.25) is 5.02 Å². The molecule has 0 spiro atoms. The predicted molar refractivity (Wildman–Crippen MR) is 112 cm³/mol. The fourth-order valence-electron chi connectivity index (χ4n) is 3.52. The molecule has 3 rings (SSSR count). The van der Waals surface area contributed by atoms with Crippen molar-refractivity contribution < 1.29 is 27.4 Å². The topological polar surface area (TPSA) is 63.7 Å². The van der Waals surface area contributed by atoms with Crippen molar-refractivity contribution in [2.75, 3.05) is 37.5 Å². The zero-order valence-corrected chi connectivity index (χ0v) is 18.1. The lowest BCUT2D eigenvalue weighted by atomic mass is 9.95. The fraction of sp³-hybridized carbons (Fsp3) is 0.429. The van der Waals surface area contributed by atoms with Crippen LogP contribution in [-0.4, -0.2) is 38.2 Å². The molecule has 0 atom stereocenters. The molecular weight excluding hydrogens is 435 g/mol. The molecule has 10 heteroatoms. The Morgan fingerprint density at radius 2 is 1.77 bits per heavy atom. The number of ether oxygens (including phenoxy) is 2. The number of pyridine rings is 1. The van der Waals surface area contributed by atoms with Crippen molar-refractivity contribution >= 4 is 29.0 Å². The first-order chi connectivity index (χ1) is 14.6. The number of aryl methyl sites for hydroxylation is 1. The maximum atomic E-state index is 12.8. The number of rotatable bonds is 5. The Hall–Kier alpha value is -2.68. The number of aromatic nitrogens is 1. The molecule has 1 aromatic carbocycles. The smallest absolute Gasteiger partial charge is 0.417 e. The lowest BCUT2D eigenvalue weighted by Crippen LogP contribution is -2.38. The van der Waals surface area contributed by atoms with E-state index < -0.39 is 11.7 Å². The second-order valence-corrected chi connectivity index (χ2v) is 7.71. The van der Waals surface area contributed by atoms with Crippen LogP contribution in [-0.2, 0) is 11.0 Å². The summed E-state index contributed by atoms with van der Waals surface area (Å²) in [6.45, 7) is 2.78. The van der Waals surface area contributed by atoms with Gasteiger partial charge in [0.1, 0.15) is 5.82 Å². The molecule has 2 heterocycles. The minimum absolute atomic E-state index is 0.0568. The number of carbonyl (C=O) groups is 1. The summed E-state index contributed by atoms with van der Waals surface area (Å²) in [5.74, 6) is 1.02. The molecule has 0 bridgehead atoms. The summed E-state index contributed by atoms with van der Waals surface area (Å²) in [5.41, 5.74) is 0.586. The van der Waals surface area contributed by atoms with Crippen LogP contribution in [0.25, 0.3) is 0 Å². The molecule has 1 amide bonds. The second-order valence-electron chi connectivity index (χ2n) is 7.30. The fourth-order valence-corrected chi connectivity index (χ4v) is 3.81. The number of anilines is 2. The zero-order chi connectivity index (χ0) is 22.8. The van der Waals surface area contributed by atoms with E-state index in [-0.39, 0.29) is 16.8 Å². The van der Waals surface area contributed by atoms with Crippen molar-refractivity contribution in [2.24, 2.45) is 5.92 Å². The van der Waals surface area contributed by atoms with Gasteiger partial charge in [0.05, 0.1) is 24.8 Å². The molecule has 0 radical (unpaired) electrons. The summed E-state index contributed by atoms with van der Waals surface area (Å²) in [4.78, 5) is 18.5. The molecule has 0 saturated carbocycles. The Morgan fingerprint density at radius 1 is 1.16 bits per heavy atom. The van der Waals surface area contributed by atoms with Crippen LogP contribution in [0.4, 0.5) is 24.7 Å². The van der Waals surface area contributed by atoms with Gasteiger partial charge >= 0.3 is 6.18 Å². The van der Waals surface area contributed by atoms with E-state index >= 15 is 0 Å². The quantitative estimate of drug-likeness (QED) is 0.689. The zero-order valence-electron chi connectivity index (χ0n) is 17.3. The SMILES string of the molecule is COc1cc(C)c(NC(=O)C2CCN(c3ncc(C(F)(F)F)cc3Cl)CC2)cc1OC. The van der Waals surface area contributed by atoms with Gasteiger partial charge in [-0.15, -0.1) is 0 Å². The van der Waals surface area contributed by atoms with Crippen molar-refractivity contribution in [3.05, 3.63) is 40.5 Å². The molecule has 1 aliphatic heterocycles. The van der Waals surface area contributed by atoms with Gasteiger partial charge in [0.15, 0.2) is 11.5 Å². The molecule has 0 aliphatic carbocycles. The molecular formula is C21H23ClF3N3O3. The number of hydrogen-bond acceptors (Lipinski definition) is 5. The minimum Gasteiger partial charge on any atom is -0.493 e. The highest BCUT2D eigenvalue weighted by molar-refractivity contribution is 6.33. The number of alkyl halides is 3. The van der Waals surface area contributed by atoms with Crippen LogP contribution in [0, 0.1) is 12.8 Å². The summed E-state index contributed by atoms with van der Waals surface area (Å²) in [5, 5.41) is 2.88. The Labute approximate surface area is 183 Å². The second kappa shape index (κ2) is 9.21. The molecule has 1 aromatic heterocycles. The standard InChI is InChI=1S/C21H23ClF3N3O3/c1-12-8-17(30-2)18(31-3)10-16(12)27-20(29)13-4-6-28(7-5-13)19-15(22)9-14(11-26-19)21(23,24)25/h8-11,13H,4-7H2,1-3H3,(H,27,29). The monoisotopic (exact) mass is 457 g/mol. The molecule has 6 nitrogen and oxygen atoms in total. The molecule has 0 unspecified atom stereocenters. The van der Waals surface area contributed by atoms with Gasteiger partial charge in [0.2, 0.25) is 5.91 Å². The van der Waals surface area contributed by atoms with Gasteiger partial charge < -0.3 is 19.7 Å². The number of benzene rings is 1. The number of halogens is 4. The first-order valence-electron chi connectivity index (χ1n) is 9.65. The third-order valence-electron chi connectivity index (χ3n) is 5.30. The van der Waals surface area contributed by atoms with Gasteiger partial charge in [0, 0.05) is 37.0 Å². The maximum absolute atomic E-state index is 12.8. The summed E-state index contributed by atoms with van der Waals surface area (Å²) >= 11 is 6.04. The molecule has 2 aromatic rings. The minimum atomic E-state index is -4.50. The predicted octanol–water partition coefficient (Wildman–Crippen LogP) is 4.93. The van der Waals surface area contributed by atoms with Gasteiger partial charge in [-0.1, -0.05) is 11.6 Å². The van der Waals surface area contributed by atoms with Crippen LogP contribution in [0.15, 0.2) is 24.4 Å². The van der Waals surface area contributed by atoms with Gasteiger partial charge in [-0.3, -0.25) is 4.79 Å². The van der Waals surface area contributed by atoms with Crippen molar-refractivity contribution in [1.82, 2.24) is 4.98 Å². The number of carbonyl (C=O) groups excluding carboxylic acids is 1. The number of nitrogens with one attached hydrogen (secondary N) is 1. The van der Waals surface area contributed by atoms with E-state index in [0.717, 1.165) is 17.8 Å². The van der Waals surface area contributed by atoms with Crippen molar-refractivity contribution in [3.63, 3.8) is 0 Å². The first-order valence-corrected chi connectivity index (χ1v) is 10.0. The average Bonchev–Trinajstić information content (AvgIpc) is 2.74. The summed E-state index contributed by atoms with van der Waals surface area (Å²) in [7, 11) is 3.07. The van der Waals surface area contributed by atoms with Crippen molar-refractivity contribution in [1.29, 1.82) is 0 Å². The molecule has 1 fully saturated rings. The summed E-state index contributed by atoms with van der Waals surface area (Å²) in [6, 6.07) is 4.38. The Morgan fingerprint density at radius 3 is 2.32 bits per heavy atom. The van der Waals surface area contributed by atoms with Gasteiger partial charge in [-0.25, -0.2) is 4.98 Å². The largest absolute Gasteiger partial charge is 0.493 e. The highest BCUT2D eigenvalue weighted by Gasteiger charge is 2.33. The van der Waals surface area contributed by atoms with Gasteiger partial charge in [-0.2, -0.15) is 13.2 Å². The van der Waals surface area contributed by atoms with Crippen LogP contribution in [0.5, 0.6) is 11.5 Å². The molecule has 1 aliphatic rings. The van der Waals surface area contributed by atoms with E-state index in [1.54, 1.807) is 24.1 Å². The third kappa shape index (κ3) is 5.15. The van der Waals surface area contributed by atoms with E-state index in [9.17, 15) is 18.0 Å². The lowest BCUT2D eigenvalue weighted by Gasteiger charge is -2.32. The Kier molecular flexibility index (Phi) is 6.83. The normalized spacial score (nSPS) is 15.0. The van der Waals surface area contributed by atoms with Gasteiger partial charge in [-0.05, 0) is 37.5 Å². The number of methoxy groups -OCH3 is 2. The molecule has 1 saturated heterocycles. The molecule has 168 valence electrons. The van der Waals surface area contributed by atoms with Gasteiger partial charge in [0.25, 0.3) is 0 Å².